The Morgan fingerprint density at radius 2 is 1.68 bits per heavy atom. The van der Waals surface area contributed by atoms with Gasteiger partial charge in [-0.15, -0.1) is 0 Å². The smallest absolute Gasteiger partial charge is 0.244 e. The van der Waals surface area contributed by atoms with Gasteiger partial charge in [0.15, 0.2) is 9.84 Å². The number of benzene rings is 2. The van der Waals surface area contributed by atoms with Crippen molar-refractivity contribution in [2.45, 2.75) is 37.2 Å². The van der Waals surface area contributed by atoms with Crippen LogP contribution in [0.25, 0.3) is 0 Å². The van der Waals surface area contributed by atoms with Crippen molar-refractivity contribution in [3.8, 4) is 5.75 Å². The van der Waals surface area contributed by atoms with Gasteiger partial charge in [-0.25, -0.2) is 16.8 Å². The minimum Gasteiger partial charge on any atom is -0.497 e. The molecule has 10 heteroatoms. The fourth-order valence-corrected chi connectivity index (χ4v) is 5.04. The van der Waals surface area contributed by atoms with Crippen LogP contribution in [0.4, 0.5) is 5.69 Å². The number of ether oxygens (including phenoxy) is 1. The second-order valence-electron chi connectivity index (χ2n) is 7.26. The van der Waals surface area contributed by atoms with Gasteiger partial charge in [-0.2, -0.15) is 0 Å². The van der Waals surface area contributed by atoms with Gasteiger partial charge in [0.25, 0.3) is 0 Å². The number of anilines is 1. The summed E-state index contributed by atoms with van der Waals surface area (Å²) in [4.78, 5) is 13.2. The first-order chi connectivity index (χ1) is 14.4. The average molecular weight is 469 g/mol. The standard InChI is InChI=1S/C21H28N2O6S2/c1-6-20(23(31(5,27)28)17-8-7-9-18(14-17)29-3)21(24)22-15(2)16-10-12-19(13-11-16)30(4,25)26/h7-15,20H,6H2,1-5H3,(H,22,24)/t15-,20-/m0/s1. The normalized spacial score (nSPS) is 13.8. The number of sulfone groups is 1. The van der Waals surface area contributed by atoms with E-state index in [0.29, 0.717) is 17.0 Å². The van der Waals surface area contributed by atoms with Crippen LogP contribution in [0, 0.1) is 0 Å². The number of nitrogens with one attached hydrogen (secondary N) is 1. The first-order valence-corrected chi connectivity index (χ1v) is 13.4. The van der Waals surface area contributed by atoms with Crippen molar-refractivity contribution in [1.82, 2.24) is 5.32 Å². The predicted molar refractivity (Wildman–Crippen MR) is 121 cm³/mol. The number of nitrogens with zero attached hydrogens (tertiary/aromatic N) is 1. The van der Waals surface area contributed by atoms with Gasteiger partial charge in [0.2, 0.25) is 15.9 Å². The van der Waals surface area contributed by atoms with Gasteiger partial charge in [0.05, 0.1) is 30.0 Å². The number of carbonyl (C=O) groups excluding carboxylic acids is 1. The summed E-state index contributed by atoms with van der Waals surface area (Å²) in [6.45, 7) is 3.48. The summed E-state index contributed by atoms with van der Waals surface area (Å²) in [6.07, 6.45) is 2.42. The van der Waals surface area contributed by atoms with Gasteiger partial charge in [0, 0.05) is 12.3 Å². The van der Waals surface area contributed by atoms with Gasteiger partial charge in [-0.1, -0.05) is 25.1 Å². The number of methoxy groups -OCH3 is 1. The minimum atomic E-state index is -3.77. The van der Waals surface area contributed by atoms with Crippen LogP contribution < -0.4 is 14.4 Å². The number of hydrogen-bond acceptors (Lipinski definition) is 6. The molecular weight excluding hydrogens is 440 g/mol. The third-order valence-electron chi connectivity index (χ3n) is 4.80. The van der Waals surface area contributed by atoms with Crippen LogP contribution in [0.2, 0.25) is 0 Å². The van der Waals surface area contributed by atoms with E-state index in [1.165, 1.54) is 19.2 Å². The lowest BCUT2D eigenvalue weighted by Gasteiger charge is -2.31. The molecule has 0 bridgehead atoms. The molecule has 170 valence electrons. The number of amides is 1. The number of sulfonamides is 1. The molecule has 0 saturated carbocycles. The molecule has 2 aromatic rings. The highest BCUT2D eigenvalue weighted by Crippen LogP contribution is 2.27. The molecule has 8 nitrogen and oxygen atoms in total. The van der Waals surface area contributed by atoms with Crippen LogP contribution in [0.5, 0.6) is 5.75 Å². The van der Waals surface area contributed by atoms with Crippen LogP contribution in [-0.4, -0.2) is 48.4 Å². The molecule has 0 radical (unpaired) electrons. The Hall–Kier alpha value is -2.59. The molecule has 1 amide bonds. The van der Waals surface area contributed by atoms with Crippen LogP contribution in [-0.2, 0) is 24.7 Å². The van der Waals surface area contributed by atoms with Gasteiger partial charge < -0.3 is 10.1 Å². The monoisotopic (exact) mass is 468 g/mol. The molecule has 2 aromatic carbocycles. The maximum atomic E-state index is 13.1. The van der Waals surface area contributed by atoms with Gasteiger partial charge in [0.1, 0.15) is 11.8 Å². The molecule has 2 atom stereocenters. The Balaban J connectivity index is 2.31. The van der Waals surface area contributed by atoms with Crippen LogP contribution >= 0.6 is 0 Å². The molecule has 31 heavy (non-hydrogen) atoms. The fourth-order valence-electron chi connectivity index (χ4n) is 3.20. The summed E-state index contributed by atoms with van der Waals surface area (Å²) in [5, 5.41) is 2.83. The van der Waals surface area contributed by atoms with E-state index in [9.17, 15) is 21.6 Å². The highest BCUT2D eigenvalue weighted by atomic mass is 32.2. The Labute approximate surface area is 184 Å². The second-order valence-corrected chi connectivity index (χ2v) is 11.1. The minimum absolute atomic E-state index is 0.183. The Bertz CT molecular complexity index is 1130. The van der Waals surface area contributed by atoms with Gasteiger partial charge in [-0.05, 0) is 43.2 Å². The fraction of sp³-hybridized carbons (Fsp3) is 0.381. The Morgan fingerprint density at radius 1 is 1.06 bits per heavy atom. The summed E-state index contributed by atoms with van der Waals surface area (Å²) in [7, 11) is -5.62. The van der Waals surface area contributed by atoms with E-state index >= 15 is 0 Å². The second kappa shape index (κ2) is 9.69. The largest absolute Gasteiger partial charge is 0.497 e. The first kappa shape index (κ1) is 24.7. The van der Waals surface area contributed by atoms with Crippen LogP contribution in [0.3, 0.4) is 0 Å². The molecule has 0 aromatic heterocycles. The lowest BCUT2D eigenvalue weighted by molar-refractivity contribution is -0.122. The summed E-state index contributed by atoms with van der Waals surface area (Å²) in [5.41, 5.74) is 1.02. The quantitative estimate of drug-likeness (QED) is 0.606. The third kappa shape index (κ3) is 6.20. The molecule has 0 spiro atoms. The molecule has 0 heterocycles. The van der Waals surface area contributed by atoms with E-state index in [0.717, 1.165) is 16.8 Å². The van der Waals surface area contributed by atoms with E-state index in [1.807, 2.05) is 0 Å². The van der Waals surface area contributed by atoms with Crippen LogP contribution in [0.1, 0.15) is 31.9 Å². The van der Waals surface area contributed by atoms with Crippen molar-refractivity contribution in [1.29, 1.82) is 0 Å². The van der Waals surface area contributed by atoms with Gasteiger partial charge >= 0.3 is 0 Å². The van der Waals surface area contributed by atoms with Crippen molar-refractivity contribution in [2.24, 2.45) is 0 Å². The molecule has 0 aliphatic carbocycles. The molecule has 0 unspecified atom stereocenters. The van der Waals surface area contributed by atoms with Gasteiger partial charge in [-0.3, -0.25) is 9.10 Å². The summed E-state index contributed by atoms with van der Waals surface area (Å²) in [5.74, 6) is 0.0104. The molecule has 0 aliphatic heterocycles. The topological polar surface area (TPSA) is 110 Å². The third-order valence-corrected chi connectivity index (χ3v) is 7.11. The zero-order valence-corrected chi connectivity index (χ0v) is 19.8. The maximum absolute atomic E-state index is 13.1. The molecule has 2 rings (SSSR count). The van der Waals surface area contributed by atoms with Crippen LogP contribution in [0.15, 0.2) is 53.4 Å². The lowest BCUT2D eigenvalue weighted by Crippen LogP contribution is -2.49. The summed E-state index contributed by atoms with van der Waals surface area (Å²) < 4.78 is 54.7. The zero-order valence-electron chi connectivity index (χ0n) is 18.2. The lowest BCUT2D eigenvalue weighted by atomic mass is 10.1. The molecule has 1 N–H and O–H groups in total. The molecular formula is C21H28N2O6S2. The van der Waals surface area contributed by atoms with Crippen molar-refractivity contribution >= 4 is 31.5 Å². The van der Waals surface area contributed by atoms with E-state index in [1.54, 1.807) is 50.2 Å². The van der Waals surface area contributed by atoms with E-state index < -0.39 is 37.9 Å². The number of hydrogen-bond donors (Lipinski definition) is 1. The van der Waals surface area contributed by atoms with Crippen molar-refractivity contribution in [3.05, 3.63) is 54.1 Å². The first-order valence-electron chi connectivity index (χ1n) is 9.62. The van der Waals surface area contributed by atoms with Crippen molar-refractivity contribution in [2.75, 3.05) is 23.9 Å². The van der Waals surface area contributed by atoms with Crippen molar-refractivity contribution < 1.29 is 26.4 Å². The van der Waals surface area contributed by atoms with Crippen molar-refractivity contribution in [3.63, 3.8) is 0 Å². The molecule has 0 aliphatic rings. The predicted octanol–water partition coefficient (Wildman–Crippen LogP) is 2.52. The SMILES string of the molecule is CC[C@@H](C(=O)N[C@@H](C)c1ccc(S(C)(=O)=O)cc1)N(c1cccc(OC)c1)S(C)(=O)=O. The van der Waals surface area contributed by atoms with E-state index in [-0.39, 0.29) is 11.3 Å². The highest BCUT2D eigenvalue weighted by molar-refractivity contribution is 7.92. The zero-order chi connectivity index (χ0) is 23.4. The Morgan fingerprint density at radius 3 is 2.16 bits per heavy atom. The average Bonchev–Trinajstić information content (AvgIpc) is 2.70. The summed E-state index contributed by atoms with van der Waals surface area (Å²) >= 11 is 0. The number of carbonyl (C=O) groups is 1. The van der Waals surface area contributed by atoms with E-state index in [4.69, 9.17) is 4.74 Å². The maximum Gasteiger partial charge on any atom is 0.244 e. The highest BCUT2D eigenvalue weighted by Gasteiger charge is 2.32. The Kier molecular flexibility index (Phi) is 7.72. The molecule has 0 saturated heterocycles. The summed E-state index contributed by atoms with van der Waals surface area (Å²) in [6, 6.07) is 11.3. The number of rotatable bonds is 9. The van der Waals surface area contributed by atoms with E-state index in [2.05, 4.69) is 5.32 Å². The molecule has 0 fully saturated rings.